The van der Waals surface area contributed by atoms with Gasteiger partial charge in [0.1, 0.15) is 0 Å². The van der Waals surface area contributed by atoms with Crippen molar-refractivity contribution in [2.75, 3.05) is 39.4 Å². The number of aromatic nitrogens is 1. The third-order valence-electron chi connectivity index (χ3n) is 8.20. The van der Waals surface area contributed by atoms with Crippen LogP contribution in [0.3, 0.4) is 0 Å². The molecule has 10 heteroatoms. The molecule has 3 atom stereocenters. The van der Waals surface area contributed by atoms with Gasteiger partial charge in [-0.05, 0) is 89.2 Å². The number of rotatable bonds is 14. The summed E-state index contributed by atoms with van der Waals surface area (Å²) < 4.78 is 6.61. The van der Waals surface area contributed by atoms with E-state index < -0.39 is 6.04 Å². The number of hydrogen-bond donors (Lipinski definition) is 3. The number of carbonyl (C=O) groups excluding carboxylic acids is 2. The van der Waals surface area contributed by atoms with Gasteiger partial charge in [-0.25, -0.2) is 4.98 Å². The second kappa shape index (κ2) is 16.0. The normalized spacial score (nSPS) is 19.3. The maximum atomic E-state index is 13.7. The Morgan fingerprint density at radius 3 is 2.73 bits per heavy atom. The molecule has 222 valence electrons. The van der Waals surface area contributed by atoms with Crippen LogP contribution >= 0.6 is 22.9 Å². The largest absolute Gasteiger partial charge is 0.381 e. The van der Waals surface area contributed by atoms with Crippen molar-refractivity contribution < 1.29 is 14.3 Å². The predicted octanol–water partition coefficient (Wildman–Crippen LogP) is 4.54. The maximum Gasteiger partial charge on any atom is 0.237 e. The summed E-state index contributed by atoms with van der Waals surface area (Å²) in [6.45, 7) is 9.29. The zero-order chi connectivity index (χ0) is 28.3. The summed E-state index contributed by atoms with van der Waals surface area (Å²) in [5.74, 6) is 0.277. The summed E-state index contributed by atoms with van der Waals surface area (Å²) in [6, 6.07) is 5.30. The first-order valence-electron chi connectivity index (χ1n) is 15.1. The van der Waals surface area contributed by atoms with E-state index in [0.717, 1.165) is 60.5 Å². The number of fused-ring (bicyclic) bond motifs is 1. The molecule has 2 aliphatic rings. The molecule has 1 aromatic heterocycles. The van der Waals surface area contributed by atoms with Gasteiger partial charge in [-0.1, -0.05) is 24.9 Å². The minimum absolute atomic E-state index is 0.0478. The van der Waals surface area contributed by atoms with Crippen LogP contribution in [0, 0.1) is 5.92 Å². The molecule has 3 N–H and O–H groups in total. The van der Waals surface area contributed by atoms with Gasteiger partial charge in [0, 0.05) is 49.7 Å². The van der Waals surface area contributed by atoms with Crippen molar-refractivity contribution in [1.29, 1.82) is 0 Å². The van der Waals surface area contributed by atoms with Crippen LogP contribution in [0.2, 0.25) is 5.02 Å². The Bertz CT molecular complexity index is 1090. The number of thiazole rings is 1. The van der Waals surface area contributed by atoms with Crippen LogP contribution in [0.1, 0.15) is 70.2 Å². The monoisotopic (exact) mass is 591 g/mol. The third kappa shape index (κ3) is 9.65. The lowest BCUT2D eigenvalue weighted by Crippen LogP contribution is -2.55. The Kier molecular flexibility index (Phi) is 12.5. The fraction of sp³-hybridized carbons (Fsp3) is 0.700. The number of piperidine rings is 1. The number of amides is 2. The standard InChI is InChI=1S/C30H46ClN5O3S/c1-3-21(2)33-25(19-29-34-24-10-9-23(31)18-27(24)40-29)30(38)35-26(22-11-16-39-17-12-22)20-32-28(37)8-7-15-36-13-5-4-6-14-36/h9-10,18,21-22,25-26,33H,3-8,11-17,19-20H2,1-2H3,(H,32,37)(H,35,38)/t21?,25-,26+/m0/s1. The van der Waals surface area contributed by atoms with E-state index in [0.29, 0.717) is 37.6 Å². The van der Waals surface area contributed by atoms with Crippen LogP contribution in [-0.2, 0) is 20.7 Å². The second-order valence-electron chi connectivity index (χ2n) is 11.3. The molecule has 0 spiro atoms. The van der Waals surface area contributed by atoms with Crippen molar-refractivity contribution in [1.82, 2.24) is 25.8 Å². The van der Waals surface area contributed by atoms with Crippen LogP contribution < -0.4 is 16.0 Å². The lowest BCUT2D eigenvalue weighted by Gasteiger charge is -2.33. The van der Waals surface area contributed by atoms with Gasteiger partial charge in [0.15, 0.2) is 0 Å². The highest BCUT2D eigenvalue weighted by molar-refractivity contribution is 7.18. The molecule has 1 unspecified atom stereocenters. The second-order valence-corrected chi connectivity index (χ2v) is 12.9. The van der Waals surface area contributed by atoms with Gasteiger partial charge in [-0.15, -0.1) is 11.3 Å². The molecule has 0 bridgehead atoms. The van der Waals surface area contributed by atoms with Crippen LogP contribution in [-0.4, -0.2) is 79.2 Å². The number of likely N-dealkylation sites (tertiary alicyclic amines) is 1. The Morgan fingerprint density at radius 1 is 1.20 bits per heavy atom. The predicted molar refractivity (Wildman–Crippen MR) is 163 cm³/mol. The summed E-state index contributed by atoms with van der Waals surface area (Å²) in [4.78, 5) is 33.7. The molecule has 0 radical (unpaired) electrons. The molecule has 2 aromatic rings. The van der Waals surface area contributed by atoms with Crippen molar-refractivity contribution in [3.8, 4) is 0 Å². The first kappa shape index (κ1) is 31.2. The fourth-order valence-electron chi connectivity index (χ4n) is 5.59. The first-order valence-corrected chi connectivity index (χ1v) is 16.3. The Morgan fingerprint density at radius 2 is 1.98 bits per heavy atom. The van der Waals surface area contributed by atoms with Crippen LogP contribution in [0.25, 0.3) is 10.2 Å². The highest BCUT2D eigenvalue weighted by Gasteiger charge is 2.30. The van der Waals surface area contributed by atoms with E-state index in [9.17, 15) is 9.59 Å². The molecule has 40 heavy (non-hydrogen) atoms. The Hall–Kier alpha value is -1.78. The third-order valence-corrected chi connectivity index (χ3v) is 9.47. The summed E-state index contributed by atoms with van der Waals surface area (Å²) in [7, 11) is 0. The average Bonchev–Trinajstić information content (AvgIpc) is 3.37. The van der Waals surface area contributed by atoms with E-state index in [1.807, 2.05) is 18.2 Å². The lowest BCUT2D eigenvalue weighted by molar-refractivity contribution is -0.126. The zero-order valence-electron chi connectivity index (χ0n) is 24.1. The molecule has 2 fully saturated rings. The highest BCUT2D eigenvalue weighted by Crippen LogP contribution is 2.26. The van der Waals surface area contributed by atoms with Gasteiger partial charge < -0.3 is 25.6 Å². The van der Waals surface area contributed by atoms with Crippen molar-refractivity contribution >= 4 is 45.0 Å². The first-order chi connectivity index (χ1) is 19.4. The van der Waals surface area contributed by atoms with Crippen LogP contribution in [0.15, 0.2) is 18.2 Å². The average molecular weight is 592 g/mol. The van der Waals surface area contributed by atoms with E-state index in [1.54, 1.807) is 11.3 Å². The quantitative estimate of drug-likeness (QED) is 0.298. The van der Waals surface area contributed by atoms with Gasteiger partial charge in [-0.3, -0.25) is 9.59 Å². The molecule has 2 aliphatic heterocycles. The summed E-state index contributed by atoms with van der Waals surface area (Å²) >= 11 is 7.76. The minimum atomic E-state index is -0.423. The van der Waals surface area contributed by atoms with E-state index >= 15 is 0 Å². The van der Waals surface area contributed by atoms with Gasteiger partial charge in [0.2, 0.25) is 11.8 Å². The molecule has 0 saturated carbocycles. The highest BCUT2D eigenvalue weighted by atomic mass is 35.5. The van der Waals surface area contributed by atoms with Gasteiger partial charge in [0.05, 0.1) is 21.3 Å². The Balaban J connectivity index is 1.37. The van der Waals surface area contributed by atoms with Crippen molar-refractivity contribution in [2.24, 2.45) is 5.92 Å². The number of hydrogen-bond acceptors (Lipinski definition) is 7. The van der Waals surface area contributed by atoms with Crippen molar-refractivity contribution in [3.63, 3.8) is 0 Å². The molecular weight excluding hydrogens is 546 g/mol. The Labute approximate surface area is 248 Å². The van der Waals surface area contributed by atoms with Gasteiger partial charge in [-0.2, -0.15) is 0 Å². The number of benzene rings is 1. The number of nitrogens with one attached hydrogen (secondary N) is 3. The van der Waals surface area contributed by atoms with Gasteiger partial charge in [0.25, 0.3) is 0 Å². The fourth-order valence-corrected chi connectivity index (χ4v) is 6.88. The maximum absolute atomic E-state index is 13.7. The van der Waals surface area contributed by atoms with Crippen molar-refractivity contribution in [3.05, 3.63) is 28.2 Å². The topological polar surface area (TPSA) is 95.6 Å². The summed E-state index contributed by atoms with van der Waals surface area (Å²) in [5.41, 5.74) is 0.898. The molecule has 1 aromatic carbocycles. The SMILES string of the molecule is CCC(C)N[C@@H](Cc1nc2ccc(Cl)cc2s1)C(=O)N[C@H](CNC(=O)CCCN1CCCCC1)C1CCOCC1. The van der Waals surface area contributed by atoms with E-state index in [-0.39, 0.29) is 29.8 Å². The van der Waals surface area contributed by atoms with Crippen LogP contribution in [0.5, 0.6) is 0 Å². The summed E-state index contributed by atoms with van der Waals surface area (Å²) in [5, 5.41) is 11.5. The van der Waals surface area contributed by atoms with E-state index in [2.05, 4.69) is 34.7 Å². The van der Waals surface area contributed by atoms with E-state index in [1.165, 1.54) is 19.3 Å². The molecule has 3 heterocycles. The number of ether oxygens (including phenoxy) is 1. The molecular formula is C30H46ClN5O3S. The van der Waals surface area contributed by atoms with Crippen LogP contribution in [0.4, 0.5) is 0 Å². The molecule has 8 nitrogen and oxygen atoms in total. The number of nitrogens with zero attached hydrogens (tertiary/aromatic N) is 2. The zero-order valence-corrected chi connectivity index (χ0v) is 25.6. The lowest BCUT2D eigenvalue weighted by atomic mass is 9.91. The van der Waals surface area contributed by atoms with Crippen molar-refractivity contribution in [2.45, 2.75) is 89.8 Å². The van der Waals surface area contributed by atoms with Gasteiger partial charge >= 0.3 is 0 Å². The number of halogens is 1. The molecule has 0 aliphatic carbocycles. The number of carbonyl (C=O) groups is 2. The minimum Gasteiger partial charge on any atom is -0.381 e. The molecule has 2 saturated heterocycles. The van der Waals surface area contributed by atoms with E-state index in [4.69, 9.17) is 21.3 Å². The molecule has 4 rings (SSSR count). The summed E-state index contributed by atoms with van der Waals surface area (Å²) in [6.07, 6.45) is 8.39. The molecule has 2 amide bonds. The smallest absolute Gasteiger partial charge is 0.237 e.